The molecule has 9 heteroatoms. The van der Waals surface area contributed by atoms with Gasteiger partial charge in [-0.05, 0) is 34.5 Å². The first-order chi connectivity index (χ1) is 12.6. The van der Waals surface area contributed by atoms with Gasteiger partial charge in [-0.3, -0.25) is 14.9 Å². The molecule has 0 spiro atoms. The molecule has 26 heavy (non-hydrogen) atoms. The molecule has 0 aliphatic carbocycles. The number of carbonyl (C=O) groups is 2. The van der Waals surface area contributed by atoms with Gasteiger partial charge in [-0.15, -0.1) is 10.2 Å². The molecular formula is C17H23BrN4O3S. The highest BCUT2D eigenvalue weighted by Gasteiger charge is 2.13. The summed E-state index contributed by atoms with van der Waals surface area (Å²) in [6.45, 7) is 2.04. The molecule has 0 aliphatic rings. The van der Waals surface area contributed by atoms with Crippen LogP contribution in [0.1, 0.15) is 61.0 Å². The highest BCUT2D eigenvalue weighted by atomic mass is 79.9. The van der Waals surface area contributed by atoms with Gasteiger partial charge in [-0.2, -0.15) is 0 Å². The Labute approximate surface area is 165 Å². The summed E-state index contributed by atoms with van der Waals surface area (Å²) in [6.07, 6.45) is 8.24. The van der Waals surface area contributed by atoms with E-state index in [9.17, 15) is 9.59 Å². The normalized spacial score (nSPS) is 10.7. The van der Waals surface area contributed by atoms with Gasteiger partial charge in [0.25, 0.3) is 5.91 Å². The molecule has 142 valence electrons. The van der Waals surface area contributed by atoms with Gasteiger partial charge >= 0.3 is 0 Å². The summed E-state index contributed by atoms with van der Waals surface area (Å²) in [6, 6.07) is 3.14. The van der Waals surface area contributed by atoms with Gasteiger partial charge in [0.05, 0.1) is 6.54 Å². The minimum absolute atomic E-state index is 0.141. The zero-order chi connectivity index (χ0) is 18.8. The zero-order valence-corrected chi connectivity index (χ0v) is 17.1. The molecule has 2 rings (SSSR count). The van der Waals surface area contributed by atoms with Crippen LogP contribution < -0.4 is 10.6 Å². The second-order valence-electron chi connectivity index (χ2n) is 5.85. The van der Waals surface area contributed by atoms with E-state index in [1.807, 2.05) is 0 Å². The Morgan fingerprint density at radius 2 is 1.92 bits per heavy atom. The number of carbonyl (C=O) groups excluding carboxylic acids is 2. The molecule has 2 N–H and O–H groups in total. The maximum absolute atomic E-state index is 11.9. The number of amides is 2. The maximum Gasteiger partial charge on any atom is 0.287 e. The number of hydrogen-bond donors (Lipinski definition) is 2. The second-order valence-corrected chi connectivity index (χ2v) is 7.70. The molecule has 0 fully saturated rings. The van der Waals surface area contributed by atoms with Crippen molar-refractivity contribution in [3.8, 4) is 0 Å². The summed E-state index contributed by atoms with van der Waals surface area (Å²) in [5.41, 5.74) is 0. The zero-order valence-electron chi connectivity index (χ0n) is 14.7. The van der Waals surface area contributed by atoms with Crippen molar-refractivity contribution in [1.29, 1.82) is 0 Å². The Bertz CT molecular complexity index is 716. The Kier molecular flexibility index (Phi) is 8.76. The van der Waals surface area contributed by atoms with E-state index >= 15 is 0 Å². The number of aromatic nitrogens is 2. The third kappa shape index (κ3) is 7.25. The van der Waals surface area contributed by atoms with E-state index in [1.165, 1.54) is 49.5 Å². The molecular weight excluding hydrogens is 420 g/mol. The van der Waals surface area contributed by atoms with Gasteiger partial charge in [0, 0.05) is 6.42 Å². The molecule has 2 heterocycles. The Hall–Kier alpha value is -1.74. The second kappa shape index (κ2) is 11.1. The predicted molar refractivity (Wildman–Crippen MR) is 104 cm³/mol. The summed E-state index contributed by atoms with van der Waals surface area (Å²) in [5.74, 6) is -0.667. The molecule has 0 atom stereocenters. The van der Waals surface area contributed by atoms with Crippen LogP contribution in [0.5, 0.6) is 0 Å². The third-order valence-corrected chi connectivity index (χ3v) is 4.99. The van der Waals surface area contributed by atoms with E-state index in [4.69, 9.17) is 4.42 Å². The Morgan fingerprint density at radius 3 is 2.65 bits per heavy atom. The topological polar surface area (TPSA) is 97.1 Å². The van der Waals surface area contributed by atoms with Crippen molar-refractivity contribution < 1.29 is 14.0 Å². The number of aryl methyl sites for hydroxylation is 1. The van der Waals surface area contributed by atoms with Crippen LogP contribution in [0.15, 0.2) is 21.2 Å². The first kappa shape index (κ1) is 20.6. The van der Waals surface area contributed by atoms with Gasteiger partial charge in [0.2, 0.25) is 11.0 Å². The van der Waals surface area contributed by atoms with Gasteiger partial charge in [0.1, 0.15) is 5.01 Å². The molecule has 0 saturated heterocycles. The number of rotatable bonds is 11. The molecule has 2 amide bonds. The van der Waals surface area contributed by atoms with Crippen LogP contribution in [0.2, 0.25) is 0 Å². The first-order valence-corrected chi connectivity index (χ1v) is 10.3. The molecule has 2 aromatic heterocycles. The van der Waals surface area contributed by atoms with Crippen LogP contribution in [0.4, 0.5) is 5.13 Å². The smallest absolute Gasteiger partial charge is 0.287 e. The number of furan rings is 1. The summed E-state index contributed by atoms with van der Waals surface area (Å²) in [7, 11) is 0. The van der Waals surface area contributed by atoms with E-state index in [2.05, 4.69) is 43.7 Å². The number of nitrogens with zero attached hydrogens (tertiary/aromatic N) is 2. The Balaban J connectivity index is 1.66. The van der Waals surface area contributed by atoms with Crippen LogP contribution in [-0.2, 0) is 11.2 Å². The summed E-state index contributed by atoms with van der Waals surface area (Å²) in [4.78, 5) is 23.7. The number of unbranched alkanes of at least 4 members (excludes halogenated alkanes) is 5. The highest BCUT2D eigenvalue weighted by molar-refractivity contribution is 9.10. The molecule has 0 radical (unpaired) electrons. The van der Waals surface area contributed by atoms with Crippen LogP contribution >= 0.6 is 27.3 Å². The average Bonchev–Trinajstić information content (AvgIpc) is 3.25. The van der Waals surface area contributed by atoms with Crippen molar-refractivity contribution in [2.75, 3.05) is 11.9 Å². The molecule has 2 aromatic rings. The molecule has 0 saturated carbocycles. The number of hydrogen-bond acceptors (Lipinski definition) is 6. The average molecular weight is 443 g/mol. The standard InChI is InChI=1S/C17H23BrN4O3S/c1-2-3-4-5-6-7-8-15-21-22-17(26-15)20-14(23)11-19-16(24)12-9-10-13(18)25-12/h9-10H,2-8,11H2,1H3,(H,19,24)(H,20,22,23). The fourth-order valence-electron chi connectivity index (χ4n) is 2.31. The largest absolute Gasteiger partial charge is 0.444 e. The minimum atomic E-state index is -0.452. The molecule has 0 aromatic carbocycles. The molecule has 0 aliphatic heterocycles. The summed E-state index contributed by atoms with van der Waals surface area (Å²) < 4.78 is 5.58. The Morgan fingerprint density at radius 1 is 1.15 bits per heavy atom. The molecule has 0 unspecified atom stereocenters. The van der Waals surface area contributed by atoms with Crippen molar-refractivity contribution in [3.63, 3.8) is 0 Å². The summed E-state index contributed by atoms with van der Waals surface area (Å²) in [5, 5.41) is 14.6. The van der Waals surface area contributed by atoms with Crippen molar-refractivity contribution in [2.24, 2.45) is 0 Å². The van der Waals surface area contributed by atoms with Crippen molar-refractivity contribution >= 4 is 44.2 Å². The van der Waals surface area contributed by atoms with E-state index in [0.29, 0.717) is 9.80 Å². The SMILES string of the molecule is CCCCCCCCc1nnc(NC(=O)CNC(=O)c2ccc(Br)o2)s1. The van der Waals surface area contributed by atoms with Crippen LogP contribution in [-0.4, -0.2) is 28.6 Å². The van der Waals surface area contributed by atoms with E-state index in [0.717, 1.165) is 17.8 Å². The fraction of sp³-hybridized carbons (Fsp3) is 0.529. The van der Waals surface area contributed by atoms with Crippen LogP contribution in [0.3, 0.4) is 0 Å². The lowest BCUT2D eigenvalue weighted by atomic mass is 10.1. The van der Waals surface area contributed by atoms with Crippen LogP contribution in [0.25, 0.3) is 0 Å². The summed E-state index contributed by atoms with van der Waals surface area (Å²) >= 11 is 4.49. The van der Waals surface area contributed by atoms with Crippen molar-refractivity contribution in [1.82, 2.24) is 15.5 Å². The number of halogens is 1. The lowest BCUT2D eigenvalue weighted by Crippen LogP contribution is -2.32. The maximum atomic E-state index is 11.9. The monoisotopic (exact) mass is 442 g/mol. The lowest BCUT2D eigenvalue weighted by molar-refractivity contribution is -0.115. The van der Waals surface area contributed by atoms with E-state index in [-0.39, 0.29) is 18.2 Å². The van der Waals surface area contributed by atoms with E-state index in [1.54, 1.807) is 6.07 Å². The predicted octanol–water partition coefficient (Wildman–Crippen LogP) is 4.17. The quantitative estimate of drug-likeness (QED) is 0.509. The first-order valence-electron chi connectivity index (χ1n) is 8.74. The highest BCUT2D eigenvalue weighted by Crippen LogP contribution is 2.18. The lowest BCUT2D eigenvalue weighted by Gasteiger charge is -2.02. The van der Waals surface area contributed by atoms with Crippen molar-refractivity contribution in [3.05, 3.63) is 27.6 Å². The van der Waals surface area contributed by atoms with E-state index < -0.39 is 5.91 Å². The fourth-order valence-corrected chi connectivity index (χ4v) is 3.41. The number of nitrogens with one attached hydrogen (secondary N) is 2. The third-order valence-electron chi connectivity index (χ3n) is 3.66. The number of anilines is 1. The van der Waals surface area contributed by atoms with Gasteiger partial charge in [-0.25, -0.2) is 0 Å². The molecule has 7 nitrogen and oxygen atoms in total. The van der Waals surface area contributed by atoms with Crippen molar-refractivity contribution in [2.45, 2.75) is 51.9 Å². The van der Waals surface area contributed by atoms with Gasteiger partial charge in [-0.1, -0.05) is 50.4 Å². The van der Waals surface area contributed by atoms with Crippen LogP contribution in [0, 0.1) is 0 Å². The molecule has 0 bridgehead atoms. The van der Waals surface area contributed by atoms with Gasteiger partial charge in [0.15, 0.2) is 10.4 Å². The minimum Gasteiger partial charge on any atom is -0.444 e. The van der Waals surface area contributed by atoms with Gasteiger partial charge < -0.3 is 9.73 Å².